The Bertz CT molecular complexity index is 660. The van der Waals surface area contributed by atoms with E-state index in [4.69, 9.17) is 24.4 Å². The number of rotatable bonds is 8. The summed E-state index contributed by atoms with van der Waals surface area (Å²) in [6, 6.07) is 0. The van der Waals surface area contributed by atoms with Gasteiger partial charge in [-0.05, 0) is 64.5 Å². The molecule has 0 aromatic carbocycles. The average molecular weight is 455 g/mol. The maximum atomic E-state index is 13.3. The Balaban J connectivity index is 2.58. The highest BCUT2D eigenvalue weighted by molar-refractivity contribution is 7.80. The largest absolute Gasteiger partial charge is 0.288 e. The summed E-state index contributed by atoms with van der Waals surface area (Å²) in [5, 5.41) is 0.351. The molecule has 0 saturated carbocycles. The molecular formula is C20H30N4O4S2. The van der Waals surface area contributed by atoms with E-state index < -0.39 is 41.4 Å². The highest BCUT2D eigenvalue weighted by atomic mass is 32.1. The molecule has 0 aromatic rings. The molecule has 0 aromatic heterocycles. The number of thiocarbonyl (C=S) groups is 2. The molecular weight excluding hydrogens is 424 g/mol. The van der Waals surface area contributed by atoms with E-state index in [1.807, 2.05) is 6.92 Å². The van der Waals surface area contributed by atoms with Crippen molar-refractivity contribution in [1.29, 1.82) is 0 Å². The second kappa shape index (κ2) is 9.91. The summed E-state index contributed by atoms with van der Waals surface area (Å²) in [5.74, 6) is -4.75. The summed E-state index contributed by atoms with van der Waals surface area (Å²) in [4.78, 5) is 58.7. The summed E-state index contributed by atoms with van der Waals surface area (Å²) >= 11 is 10.7. The van der Waals surface area contributed by atoms with Crippen molar-refractivity contribution in [3.8, 4) is 0 Å². The van der Waals surface area contributed by atoms with E-state index in [2.05, 4.69) is 0 Å². The maximum absolute atomic E-state index is 13.3. The van der Waals surface area contributed by atoms with Gasteiger partial charge in [0.25, 0.3) is 0 Å². The summed E-state index contributed by atoms with van der Waals surface area (Å²) in [5.41, 5.74) is 0. The summed E-state index contributed by atoms with van der Waals surface area (Å²) in [6.45, 7) is 10.3. The van der Waals surface area contributed by atoms with E-state index in [0.717, 1.165) is 0 Å². The lowest BCUT2D eigenvalue weighted by atomic mass is 9.74. The SMILES string of the molecule is CCCC(C1C(=O)N(CC)C(=S)N(CC)C1=O)C1C(=O)N(CC)C(=S)N(CC)C1=O. The lowest BCUT2D eigenvalue weighted by Crippen LogP contribution is -2.65. The standard InChI is InChI=1S/C20H30N4O4S2/c1-6-11-12(13-15(25)21(7-2)19(29)22(8-3)16(13)26)14-17(27)23(9-4)20(30)24(10-5)18(14)28/h12-14H,6-11H2,1-5H3. The quantitative estimate of drug-likeness (QED) is 0.410. The number of amides is 4. The molecule has 2 aliphatic heterocycles. The zero-order valence-electron chi connectivity index (χ0n) is 18.2. The molecule has 166 valence electrons. The van der Waals surface area contributed by atoms with Crippen LogP contribution in [0.2, 0.25) is 0 Å². The van der Waals surface area contributed by atoms with E-state index in [1.54, 1.807) is 27.7 Å². The first-order chi connectivity index (χ1) is 14.2. The molecule has 0 spiro atoms. The van der Waals surface area contributed by atoms with Crippen molar-refractivity contribution < 1.29 is 19.2 Å². The minimum atomic E-state index is -1.13. The van der Waals surface area contributed by atoms with Crippen molar-refractivity contribution in [2.75, 3.05) is 26.2 Å². The highest BCUT2D eigenvalue weighted by Gasteiger charge is 2.54. The molecule has 0 radical (unpaired) electrons. The second-order valence-corrected chi connectivity index (χ2v) is 8.03. The van der Waals surface area contributed by atoms with Crippen LogP contribution in [0.25, 0.3) is 0 Å². The first-order valence-corrected chi connectivity index (χ1v) is 11.4. The van der Waals surface area contributed by atoms with E-state index in [1.165, 1.54) is 19.6 Å². The summed E-state index contributed by atoms with van der Waals surface area (Å²) in [7, 11) is 0. The third-order valence-electron chi connectivity index (χ3n) is 5.80. The van der Waals surface area contributed by atoms with Crippen LogP contribution >= 0.6 is 24.4 Å². The van der Waals surface area contributed by atoms with Crippen LogP contribution in [0.15, 0.2) is 0 Å². The van der Waals surface area contributed by atoms with Gasteiger partial charge in [0.1, 0.15) is 11.8 Å². The van der Waals surface area contributed by atoms with Crippen LogP contribution < -0.4 is 0 Å². The van der Waals surface area contributed by atoms with Crippen molar-refractivity contribution in [3.05, 3.63) is 0 Å². The predicted octanol–water partition coefficient (Wildman–Crippen LogP) is 1.63. The topological polar surface area (TPSA) is 81.2 Å². The lowest BCUT2D eigenvalue weighted by molar-refractivity contribution is -0.156. The van der Waals surface area contributed by atoms with Gasteiger partial charge in [-0.1, -0.05) is 13.3 Å². The Morgan fingerprint density at radius 2 is 0.900 bits per heavy atom. The van der Waals surface area contributed by atoms with Crippen LogP contribution in [0.4, 0.5) is 0 Å². The van der Waals surface area contributed by atoms with Crippen molar-refractivity contribution >= 4 is 58.3 Å². The molecule has 0 aliphatic carbocycles. The van der Waals surface area contributed by atoms with Gasteiger partial charge in [-0.15, -0.1) is 0 Å². The summed E-state index contributed by atoms with van der Waals surface area (Å²) in [6.07, 6.45) is 0.998. The van der Waals surface area contributed by atoms with E-state index in [9.17, 15) is 19.2 Å². The Hall–Kier alpha value is -1.94. The smallest absolute Gasteiger partial charge is 0.241 e. The third-order valence-corrected chi connectivity index (χ3v) is 6.68. The number of hydrogen-bond donors (Lipinski definition) is 0. The van der Waals surface area contributed by atoms with Crippen LogP contribution in [0.1, 0.15) is 47.5 Å². The highest BCUT2D eigenvalue weighted by Crippen LogP contribution is 2.36. The molecule has 0 atom stereocenters. The first-order valence-electron chi connectivity index (χ1n) is 10.5. The zero-order valence-corrected chi connectivity index (χ0v) is 19.8. The van der Waals surface area contributed by atoms with Gasteiger partial charge in [0, 0.05) is 26.2 Å². The van der Waals surface area contributed by atoms with Crippen molar-refractivity contribution in [2.45, 2.75) is 47.5 Å². The minimum absolute atomic E-state index is 0.175. The monoisotopic (exact) mass is 454 g/mol. The predicted molar refractivity (Wildman–Crippen MR) is 120 cm³/mol. The molecule has 0 unspecified atom stereocenters. The molecule has 0 N–H and O–H groups in total. The van der Waals surface area contributed by atoms with E-state index in [0.29, 0.717) is 39.0 Å². The molecule has 4 amide bonds. The molecule has 2 aliphatic rings. The van der Waals surface area contributed by atoms with Gasteiger partial charge in [-0.25, -0.2) is 0 Å². The Kier molecular flexibility index (Phi) is 8.04. The normalized spacial score (nSPS) is 19.8. The van der Waals surface area contributed by atoms with Gasteiger partial charge in [0.05, 0.1) is 0 Å². The third kappa shape index (κ3) is 3.87. The van der Waals surface area contributed by atoms with Crippen LogP contribution in [0, 0.1) is 17.8 Å². The van der Waals surface area contributed by atoms with Gasteiger partial charge in [-0.2, -0.15) is 0 Å². The molecule has 30 heavy (non-hydrogen) atoms. The fourth-order valence-electron chi connectivity index (χ4n) is 4.31. The van der Waals surface area contributed by atoms with Crippen LogP contribution in [0.3, 0.4) is 0 Å². The number of nitrogens with zero attached hydrogens (tertiary/aromatic N) is 4. The molecule has 0 bridgehead atoms. The van der Waals surface area contributed by atoms with Crippen molar-refractivity contribution in [3.63, 3.8) is 0 Å². The van der Waals surface area contributed by atoms with E-state index in [-0.39, 0.29) is 10.2 Å². The first kappa shape index (κ1) is 24.3. The molecule has 10 heteroatoms. The summed E-state index contributed by atoms with van der Waals surface area (Å²) < 4.78 is 0. The average Bonchev–Trinajstić information content (AvgIpc) is 2.69. The van der Waals surface area contributed by atoms with E-state index >= 15 is 0 Å². The fraction of sp³-hybridized carbons (Fsp3) is 0.700. The Morgan fingerprint density at radius 1 is 0.633 bits per heavy atom. The Morgan fingerprint density at radius 3 is 1.10 bits per heavy atom. The van der Waals surface area contributed by atoms with Gasteiger partial charge >= 0.3 is 0 Å². The maximum Gasteiger partial charge on any atom is 0.241 e. The van der Waals surface area contributed by atoms with Crippen molar-refractivity contribution in [1.82, 2.24) is 19.6 Å². The molecule has 2 saturated heterocycles. The lowest BCUT2D eigenvalue weighted by Gasteiger charge is -2.45. The molecule has 8 nitrogen and oxygen atoms in total. The minimum Gasteiger partial charge on any atom is -0.288 e. The number of hydrogen-bond acceptors (Lipinski definition) is 6. The fourth-order valence-corrected chi connectivity index (χ4v) is 5.18. The Labute approximate surface area is 188 Å². The van der Waals surface area contributed by atoms with Gasteiger partial charge in [0.15, 0.2) is 10.2 Å². The molecule has 2 heterocycles. The molecule has 2 rings (SSSR count). The van der Waals surface area contributed by atoms with Crippen LogP contribution in [0.5, 0.6) is 0 Å². The zero-order chi connectivity index (χ0) is 22.7. The van der Waals surface area contributed by atoms with Gasteiger partial charge < -0.3 is 0 Å². The van der Waals surface area contributed by atoms with Crippen LogP contribution in [-0.4, -0.2) is 79.6 Å². The van der Waals surface area contributed by atoms with Gasteiger partial charge in [0.2, 0.25) is 23.6 Å². The molecule has 2 fully saturated rings. The number of carbonyl (C=O) groups excluding carboxylic acids is 4. The van der Waals surface area contributed by atoms with Crippen LogP contribution in [-0.2, 0) is 19.2 Å². The number of carbonyl (C=O) groups is 4. The van der Waals surface area contributed by atoms with Gasteiger partial charge in [-0.3, -0.25) is 38.8 Å². The second-order valence-electron chi connectivity index (χ2n) is 7.30. The van der Waals surface area contributed by atoms with Crippen molar-refractivity contribution in [2.24, 2.45) is 17.8 Å².